The molecule has 216 valence electrons. The van der Waals surface area contributed by atoms with Gasteiger partial charge in [0.05, 0.1) is 16.9 Å². The fraction of sp³-hybridized carbons (Fsp3) is 0.189. The lowest BCUT2D eigenvalue weighted by molar-refractivity contribution is -0.753. The largest absolute Gasteiger partial charge is 0.744 e. The van der Waals surface area contributed by atoms with Crippen molar-refractivity contribution in [3.63, 3.8) is 0 Å². The molecule has 0 spiro atoms. The molecule has 0 bridgehead atoms. The van der Waals surface area contributed by atoms with E-state index in [9.17, 15) is 13.0 Å². The molecular formula is C37H35N2O3S+. The van der Waals surface area contributed by atoms with Gasteiger partial charge in [0, 0.05) is 49.9 Å². The maximum Gasteiger partial charge on any atom is 0.213 e. The van der Waals surface area contributed by atoms with Crippen molar-refractivity contribution in [2.75, 3.05) is 0 Å². The third-order valence-corrected chi connectivity index (χ3v) is 9.31. The third-order valence-electron chi connectivity index (χ3n) is 8.40. The van der Waals surface area contributed by atoms with E-state index in [2.05, 4.69) is 82.2 Å². The van der Waals surface area contributed by atoms with Crippen LogP contribution in [0.3, 0.4) is 0 Å². The van der Waals surface area contributed by atoms with E-state index in [0.717, 1.165) is 48.9 Å². The third kappa shape index (κ3) is 6.66. The summed E-state index contributed by atoms with van der Waals surface area (Å²) < 4.78 is 41.1. The minimum absolute atomic E-state index is 0.211. The van der Waals surface area contributed by atoms with Gasteiger partial charge < -0.3 is 4.55 Å². The highest BCUT2D eigenvalue weighted by Crippen LogP contribution is 2.33. The van der Waals surface area contributed by atoms with Crippen LogP contribution in [-0.4, -0.2) is 13.0 Å². The molecule has 3 aromatic carbocycles. The zero-order chi connectivity index (χ0) is 29.6. The Morgan fingerprint density at radius 3 is 1.93 bits per heavy atom. The average molecular weight is 588 g/mol. The van der Waals surface area contributed by atoms with Crippen LogP contribution in [0, 0.1) is 0 Å². The maximum atomic E-state index is 12.1. The van der Waals surface area contributed by atoms with Gasteiger partial charge in [-0.3, -0.25) is 0 Å². The van der Waals surface area contributed by atoms with Crippen molar-refractivity contribution in [1.82, 2.24) is 0 Å². The molecule has 0 radical (unpaired) electrons. The Morgan fingerprint density at radius 1 is 0.674 bits per heavy atom. The van der Waals surface area contributed by atoms with E-state index >= 15 is 0 Å². The Labute approximate surface area is 254 Å². The van der Waals surface area contributed by atoms with E-state index in [1.54, 1.807) is 18.2 Å². The van der Waals surface area contributed by atoms with Gasteiger partial charge in [-0.05, 0) is 34.9 Å². The van der Waals surface area contributed by atoms with Crippen molar-refractivity contribution in [3.8, 4) is 0 Å². The number of hydrogen-bond acceptors (Lipinski definition) is 3. The van der Waals surface area contributed by atoms with Crippen molar-refractivity contribution in [1.29, 1.82) is 0 Å². The molecule has 1 fully saturated rings. The van der Waals surface area contributed by atoms with Crippen molar-refractivity contribution < 1.29 is 22.1 Å². The van der Waals surface area contributed by atoms with Gasteiger partial charge in [-0.2, -0.15) is 9.13 Å². The van der Waals surface area contributed by atoms with Crippen LogP contribution >= 0.6 is 0 Å². The Balaban J connectivity index is 1.32. The van der Waals surface area contributed by atoms with Crippen LogP contribution in [0.5, 0.6) is 0 Å². The van der Waals surface area contributed by atoms with Crippen LogP contribution in [0.25, 0.3) is 11.6 Å². The van der Waals surface area contributed by atoms with Gasteiger partial charge in [-0.25, -0.2) is 8.42 Å². The number of aromatic nitrogens is 2. The molecule has 43 heavy (non-hydrogen) atoms. The Kier molecular flexibility index (Phi) is 8.59. The highest BCUT2D eigenvalue weighted by atomic mass is 32.2. The predicted molar refractivity (Wildman–Crippen MR) is 167 cm³/mol. The first-order valence-electron chi connectivity index (χ1n) is 14.8. The molecule has 0 saturated heterocycles. The summed E-state index contributed by atoms with van der Waals surface area (Å²) >= 11 is 0. The monoisotopic (exact) mass is 587 g/mol. The molecular weight excluding hydrogens is 552 g/mol. The molecule has 1 aliphatic carbocycles. The van der Waals surface area contributed by atoms with Crippen LogP contribution in [0.2, 0.25) is 0 Å². The number of benzene rings is 3. The van der Waals surface area contributed by atoms with Crippen LogP contribution in [0.1, 0.15) is 65.8 Å². The van der Waals surface area contributed by atoms with Crippen LogP contribution < -0.4 is 9.13 Å². The highest BCUT2D eigenvalue weighted by molar-refractivity contribution is 7.85. The summed E-state index contributed by atoms with van der Waals surface area (Å²) in [4.78, 5) is -0.211. The summed E-state index contributed by atoms with van der Waals surface area (Å²) in [5, 5.41) is 0. The first-order chi connectivity index (χ1) is 21.0. The summed E-state index contributed by atoms with van der Waals surface area (Å²) in [6.07, 6.45) is 11.3. The zero-order valence-corrected chi connectivity index (χ0v) is 24.8. The Bertz CT molecular complexity index is 1830. The first-order valence-corrected chi connectivity index (χ1v) is 16.2. The Hall–Kier alpha value is -4.39. The summed E-state index contributed by atoms with van der Waals surface area (Å²) in [5.41, 5.74) is 5.86. The molecule has 5 nitrogen and oxygen atoms in total. The molecule has 1 saturated carbocycles. The van der Waals surface area contributed by atoms with Crippen LogP contribution in [0.4, 0.5) is 0 Å². The van der Waals surface area contributed by atoms with Gasteiger partial charge in [0.25, 0.3) is 0 Å². The minimum Gasteiger partial charge on any atom is -0.744 e. The zero-order valence-electron chi connectivity index (χ0n) is 24.0. The van der Waals surface area contributed by atoms with Gasteiger partial charge >= 0.3 is 0 Å². The van der Waals surface area contributed by atoms with E-state index in [1.165, 1.54) is 17.3 Å². The van der Waals surface area contributed by atoms with Crippen molar-refractivity contribution >= 4 is 21.8 Å². The van der Waals surface area contributed by atoms with E-state index in [1.807, 2.05) is 42.5 Å². The van der Waals surface area contributed by atoms with E-state index in [4.69, 9.17) is 0 Å². The van der Waals surface area contributed by atoms with Crippen LogP contribution in [0.15, 0.2) is 139 Å². The second kappa shape index (κ2) is 12.9. The molecule has 1 aliphatic rings. The van der Waals surface area contributed by atoms with E-state index in [0.29, 0.717) is 17.6 Å². The lowest BCUT2D eigenvalue weighted by Crippen LogP contribution is -2.49. The summed E-state index contributed by atoms with van der Waals surface area (Å²) in [6.45, 7) is 0. The molecule has 0 N–H and O–H groups in total. The lowest BCUT2D eigenvalue weighted by atomic mass is 9.89. The highest BCUT2D eigenvalue weighted by Gasteiger charge is 2.35. The molecule has 0 unspecified atom stereocenters. The van der Waals surface area contributed by atoms with Crippen molar-refractivity contribution in [2.45, 2.75) is 49.1 Å². The van der Waals surface area contributed by atoms with Crippen molar-refractivity contribution in [3.05, 3.63) is 162 Å². The normalized spacial score (nSPS) is 17.5. The molecule has 2 heterocycles. The number of hydrogen-bond donors (Lipinski definition) is 0. The summed E-state index contributed by atoms with van der Waals surface area (Å²) in [5.74, 6) is 0. The standard InChI is InChI=1S/C37H35N2O3S/c40-43(41,42)37-20-8-7-17-31(37)28-35(30-15-5-2-6-16-30)36-19-10-12-26-39(36)33-23-21-32(22-24-33)38-25-11-9-18-34(38)27-29-13-3-1-4-14-29/h1-20,25-26,28,32-33H,21-24,27H2/q+1/b35-28+. The minimum atomic E-state index is -4.63. The van der Waals surface area contributed by atoms with E-state index in [-0.39, 0.29) is 4.90 Å². The number of nitrogens with zero attached hydrogens (tertiary/aromatic N) is 2. The second-order valence-corrected chi connectivity index (χ2v) is 12.5. The summed E-state index contributed by atoms with van der Waals surface area (Å²) in [6, 6.07) is 40.4. The molecule has 6 heteroatoms. The van der Waals surface area contributed by atoms with Gasteiger partial charge in [0.2, 0.25) is 5.69 Å². The molecule has 5 aromatic rings. The lowest BCUT2D eigenvalue weighted by Gasteiger charge is -2.25. The van der Waals surface area contributed by atoms with Gasteiger partial charge in [-0.1, -0.05) is 84.9 Å². The molecule has 6 rings (SSSR count). The maximum absolute atomic E-state index is 12.1. The molecule has 0 atom stereocenters. The second-order valence-electron chi connectivity index (χ2n) is 11.1. The fourth-order valence-corrected chi connectivity index (χ4v) is 6.99. The topological polar surface area (TPSA) is 65.0 Å². The number of rotatable bonds is 8. The molecule has 0 aliphatic heterocycles. The quantitative estimate of drug-likeness (QED) is 0.115. The van der Waals surface area contributed by atoms with E-state index < -0.39 is 10.1 Å². The number of pyridine rings is 2. The fourth-order valence-electron chi connectivity index (χ4n) is 6.33. The predicted octanol–water partition coefficient (Wildman–Crippen LogP) is 6.70. The van der Waals surface area contributed by atoms with Crippen molar-refractivity contribution in [2.24, 2.45) is 0 Å². The van der Waals surface area contributed by atoms with Gasteiger partial charge in [0.15, 0.2) is 30.2 Å². The molecule has 2 aromatic heterocycles. The average Bonchev–Trinajstić information content (AvgIpc) is 3.05. The first kappa shape index (κ1) is 28.7. The SMILES string of the molecule is O=S(=O)([O-])c1ccccc1/C=C(\c1ccccc1)c1cccc[n+]1C1CCC([n+]2ccccc2Cc2ccccc2)CC1. The molecule has 0 amide bonds. The van der Waals surface area contributed by atoms with Gasteiger partial charge in [0.1, 0.15) is 10.1 Å². The summed E-state index contributed by atoms with van der Waals surface area (Å²) in [7, 11) is -4.63. The van der Waals surface area contributed by atoms with Gasteiger partial charge in [-0.15, -0.1) is 0 Å². The van der Waals surface area contributed by atoms with Crippen LogP contribution in [-0.2, 0) is 16.5 Å². The Morgan fingerprint density at radius 2 is 1.23 bits per heavy atom. The smallest absolute Gasteiger partial charge is 0.213 e.